The van der Waals surface area contributed by atoms with Gasteiger partial charge in [0.2, 0.25) is 0 Å². The molecule has 104 valence electrons. The number of esters is 1. The molecule has 1 heterocycles. The van der Waals surface area contributed by atoms with Crippen molar-refractivity contribution in [2.24, 2.45) is 5.92 Å². The smallest absolute Gasteiger partial charge is 0.326 e. The highest BCUT2D eigenvalue weighted by atomic mass is 16.5. The molecule has 0 radical (unpaired) electrons. The number of carbonyl (C=O) groups excluding carboxylic acids is 1. The van der Waals surface area contributed by atoms with E-state index in [9.17, 15) is 4.79 Å². The minimum absolute atomic E-state index is 0.0128. The number of nitrogens with zero attached hydrogens (tertiary/aromatic N) is 1. The fourth-order valence-corrected chi connectivity index (χ4v) is 3.25. The molecule has 1 N–H and O–H groups in total. The average molecular weight is 254 g/mol. The monoisotopic (exact) mass is 254 g/mol. The van der Waals surface area contributed by atoms with Crippen LogP contribution < -0.4 is 5.32 Å². The van der Waals surface area contributed by atoms with Crippen molar-refractivity contribution in [1.82, 2.24) is 10.2 Å². The first-order valence-electron chi connectivity index (χ1n) is 7.32. The first-order valence-corrected chi connectivity index (χ1v) is 7.32. The number of piperazine rings is 1. The molecule has 0 aromatic heterocycles. The van der Waals surface area contributed by atoms with E-state index in [4.69, 9.17) is 4.74 Å². The third-order valence-electron chi connectivity index (χ3n) is 4.48. The van der Waals surface area contributed by atoms with Gasteiger partial charge in [-0.25, -0.2) is 0 Å². The molecular formula is C14H26N2O2. The summed E-state index contributed by atoms with van der Waals surface area (Å²) in [6.45, 7) is 8.57. The van der Waals surface area contributed by atoms with E-state index >= 15 is 0 Å². The fourth-order valence-electron chi connectivity index (χ4n) is 3.25. The minimum Gasteiger partial charge on any atom is -0.465 e. The van der Waals surface area contributed by atoms with Gasteiger partial charge in [-0.3, -0.25) is 9.69 Å². The van der Waals surface area contributed by atoms with Gasteiger partial charge in [-0.2, -0.15) is 0 Å². The van der Waals surface area contributed by atoms with Gasteiger partial charge in [-0.05, 0) is 38.5 Å². The van der Waals surface area contributed by atoms with Gasteiger partial charge in [0.05, 0.1) is 6.61 Å². The second-order valence-electron chi connectivity index (χ2n) is 5.67. The number of ether oxygens (including phenoxy) is 1. The largest absolute Gasteiger partial charge is 0.465 e. The predicted octanol–water partition coefficient (Wildman–Crippen LogP) is 1.40. The molecule has 0 unspecified atom stereocenters. The maximum absolute atomic E-state index is 12.4. The van der Waals surface area contributed by atoms with Crippen molar-refractivity contribution < 1.29 is 9.53 Å². The van der Waals surface area contributed by atoms with Crippen molar-refractivity contribution in [3.63, 3.8) is 0 Å². The summed E-state index contributed by atoms with van der Waals surface area (Å²) in [6, 6.07) is 0. The first kappa shape index (κ1) is 13.8. The van der Waals surface area contributed by atoms with E-state index in [2.05, 4.69) is 17.1 Å². The molecule has 1 saturated heterocycles. The lowest BCUT2D eigenvalue weighted by atomic mass is 9.75. The minimum atomic E-state index is -0.329. The molecule has 2 aliphatic rings. The van der Waals surface area contributed by atoms with Crippen molar-refractivity contribution in [2.75, 3.05) is 32.8 Å². The van der Waals surface area contributed by atoms with Crippen LogP contribution in [0.25, 0.3) is 0 Å². The van der Waals surface area contributed by atoms with Crippen molar-refractivity contribution in [2.45, 2.75) is 45.1 Å². The van der Waals surface area contributed by atoms with Gasteiger partial charge in [0.25, 0.3) is 0 Å². The molecule has 4 heteroatoms. The molecule has 0 amide bonds. The molecule has 18 heavy (non-hydrogen) atoms. The molecule has 0 spiro atoms. The molecule has 1 saturated carbocycles. The number of nitrogens with one attached hydrogen (secondary N) is 1. The molecule has 1 aliphatic heterocycles. The SMILES string of the molecule is CCOC(=O)C1(N2CCNCC2)CCC(C)CC1. The second kappa shape index (κ2) is 6.02. The summed E-state index contributed by atoms with van der Waals surface area (Å²) in [5, 5.41) is 3.36. The normalized spacial score (nSPS) is 34.2. The highest BCUT2D eigenvalue weighted by Crippen LogP contribution is 2.37. The quantitative estimate of drug-likeness (QED) is 0.773. The number of rotatable bonds is 3. The standard InChI is InChI=1S/C14H26N2O2/c1-3-18-13(17)14(6-4-12(2)5-7-14)16-10-8-15-9-11-16/h12,15H,3-11H2,1-2H3. The molecule has 2 rings (SSSR count). The first-order chi connectivity index (χ1) is 8.69. The maximum Gasteiger partial charge on any atom is 0.326 e. The summed E-state index contributed by atoms with van der Waals surface area (Å²) in [5.41, 5.74) is -0.329. The van der Waals surface area contributed by atoms with Crippen molar-refractivity contribution in [3.05, 3.63) is 0 Å². The van der Waals surface area contributed by atoms with Crippen LogP contribution in [0.4, 0.5) is 0 Å². The lowest BCUT2D eigenvalue weighted by Gasteiger charge is -2.47. The van der Waals surface area contributed by atoms with Gasteiger partial charge in [0.1, 0.15) is 5.54 Å². The van der Waals surface area contributed by atoms with Crippen LogP contribution in [0, 0.1) is 5.92 Å². The van der Waals surface area contributed by atoms with E-state index < -0.39 is 0 Å². The Hall–Kier alpha value is -0.610. The fraction of sp³-hybridized carbons (Fsp3) is 0.929. The van der Waals surface area contributed by atoms with Crippen molar-refractivity contribution in [1.29, 1.82) is 0 Å². The topological polar surface area (TPSA) is 41.6 Å². The van der Waals surface area contributed by atoms with Gasteiger partial charge >= 0.3 is 5.97 Å². The summed E-state index contributed by atoms with van der Waals surface area (Å²) in [5.74, 6) is 0.759. The van der Waals surface area contributed by atoms with Gasteiger partial charge in [0, 0.05) is 26.2 Å². The van der Waals surface area contributed by atoms with Crippen LogP contribution in [0.5, 0.6) is 0 Å². The van der Waals surface area contributed by atoms with Crippen molar-refractivity contribution >= 4 is 5.97 Å². The highest BCUT2D eigenvalue weighted by Gasteiger charge is 2.47. The molecule has 0 atom stereocenters. The molecule has 0 aromatic rings. The van der Waals surface area contributed by atoms with E-state index in [1.165, 1.54) is 0 Å². The second-order valence-corrected chi connectivity index (χ2v) is 5.67. The lowest BCUT2D eigenvalue weighted by molar-refractivity contribution is -0.162. The summed E-state index contributed by atoms with van der Waals surface area (Å²) in [4.78, 5) is 14.8. The molecule has 0 aromatic carbocycles. The predicted molar refractivity (Wildman–Crippen MR) is 71.4 cm³/mol. The average Bonchev–Trinajstić information content (AvgIpc) is 2.41. The van der Waals surface area contributed by atoms with Crippen LogP contribution in [0.15, 0.2) is 0 Å². The Morgan fingerprint density at radius 2 is 1.94 bits per heavy atom. The van der Waals surface area contributed by atoms with E-state index in [1.807, 2.05) is 6.92 Å². The van der Waals surface area contributed by atoms with E-state index in [0.29, 0.717) is 6.61 Å². The van der Waals surface area contributed by atoms with Crippen LogP contribution in [-0.2, 0) is 9.53 Å². The van der Waals surface area contributed by atoms with Crippen LogP contribution >= 0.6 is 0 Å². The molecule has 1 aliphatic carbocycles. The zero-order valence-electron chi connectivity index (χ0n) is 11.7. The Labute approximate surface area is 110 Å². The van der Waals surface area contributed by atoms with Gasteiger partial charge in [0.15, 0.2) is 0 Å². The van der Waals surface area contributed by atoms with Gasteiger partial charge < -0.3 is 10.1 Å². The zero-order valence-corrected chi connectivity index (χ0v) is 11.7. The highest BCUT2D eigenvalue weighted by molar-refractivity contribution is 5.81. The lowest BCUT2D eigenvalue weighted by Crippen LogP contribution is -2.61. The number of hydrogen-bond donors (Lipinski definition) is 1. The van der Waals surface area contributed by atoms with Crippen LogP contribution in [0.1, 0.15) is 39.5 Å². The summed E-state index contributed by atoms with van der Waals surface area (Å²) >= 11 is 0. The number of carbonyl (C=O) groups is 1. The Bertz CT molecular complexity index is 280. The third-order valence-corrected chi connectivity index (χ3v) is 4.48. The van der Waals surface area contributed by atoms with Gasteiger partial charge in [-0.15, -0.1) is 0 Å². The summed E-state index contributed by atoms with van der Waals surface area (Å²) in [7, 11) is 0. The molecular weight excluding hydrogens is 228 g/mol. The summed E-state index contributed by atoms with van der Waals surface area (Å²) in [6.07, 6.45) is 4.21. The Kier molecular flexibility index (Phi) is 4.62. The van der Waals surface area contributed by atoms with E-state index in [1.54, 1.807) is 0 Å². The molecule has 0 bridgehead atoms. The number of hydrogen-bond acceptors (Lipinski definition) is 4. The third kappa shape index (κ3) is 2.69. The Morgan fingerprint density at radius 3 is 2.50 bits per heavy atom. The van der Waals surface area contributed by atoms with Gasteiger partial charge in [-0.1, -0.05) is 6.92 Å². The van der Waals surface area contributed by atoms with Crippen LogP contribution in [0.2, 0.25) is 0 Å². The summed E-state index contributed by atoms with van der Waals surface area (Å²) < 4.78 is 5.37. The van der Waals surface area contributed by atoms with Crippen molar-refractivity contribution in [3.8, 4) is 0 Å². The van der Waals surface area contributed by atoms with E-state index in [0.717, 1.165) is 57.8 Å². The molecule has 4 nitrogen and oxygen atoms in total. The van der Waals surface area contributed by atoms with Crippen LogP contribution in [0.3, 0.4) is 0 Å². The Balaban J connectivity index is 2.13. The van der Waals surface area contributed by atoms with Crippen LogP contribution in [-0.4, -0.2) is 49.2 Å². The molecule has 2 fully saturated rings. The zero-order chi connectivity index (χ0) is 13.0. The Morgan fingerprint density at radius 1 is 1.33 bits per heavy atom. The van der Waals surface area contributed by atoms with E-state index in [-0.39, 0.29) is 11.5 Å². The maximum atomic E-state index is 12.4.